The molecular formula is C17H27N. The summed E-state index contributed by atoms with van der Waals surface area (Å²) >= 11 is 0. The average molecular weight is 245 g/mol. The summed E-state index contributed by atoms with van der Waals surface area (Å²) in [7, 11) is 0. The molecule has 0 aliphatic heterocycles. The molecular weight excluding hydrogens is 218 g/mol. The summed E-state index contributed by atoms with van der Waals surface area (Å²) in [5.74, 6) is 0. The third kappa shape index (κ3) is 3.58. The van der Waals surface area contributed by atoms with Gasteiger partial charge in [0.25, 0.3) is 0 Å². The zero-order chi connectivity index (χ0) is 12.8. The van der Waals surface area contributed by atoms with E-state index < -0.39 is 0 Å². The van der Waals surface area contributed by atoms with Gasteiger partial charge in [-0.25, -0.2) is 0 Å². The van der Waals surface area contributed by atoms with Crippen LogP contribution in [0, 0.1) is 5.41 Å². The molecule has 1 fully saturated rings. The number of nitrogens with one attached hydrogen (secondary N) is 1. The predicted octanol–water partition coefficient (Wildman–Crippen LogP) is 4.70. The summed E-state index contributed by atoms with van der Waals surface area (Å²) in [6.45, 7) is 5.79. The first-order valence-electron chi connectivity index (χ1n) is 7.58. The number of hydrogen-bond acceptors (Lipinski definition) is 1. The molecule has 1 N–H and O–H groups in total. The van der Waals surface area contributed by atoms with E-state index in [9.17, 15) is 0 Å². The highest BCUT2D eigenvalue weighted by Gasteiger charge is 2.41. The maximum absolute atomic E-state index is 3.82. The van der Waals surface area contributed by atoms with Crippen molar-refractivity contribution in [1.29, 1.82) is 0 Å². The molecule has 1 aliphatic carbocycles. The van der Waals surface area contributed by atoms with Crippen molar-refractivity contribution in [1.82, 2.24) is 5.32 Å². The van der Waals surface area contributed by atoms with Gasteiger partial charge in [0.15, 0.2) is 0 Å². The second-order valence-electron chi connectivity index (χ2n) is 5.88. The van der Waals surface area contributed by atoms with Crippen molar-refractivity contribution >= 4 is 0 Å². The Labute approximate surface area is 112 Å². The zero-order valence-corrected chi connectivity index (χ0v) is 11.9. The van der Waals surface area contributed by atoms with Crippen molar-refractivity contribution in [2.24, 2.45) is 5.41 Å². The van der Waals surface area contributed by atoms with Crippen molar-refractivity contribution in [3.8, 4) is 0 Å². The first-order valence-corrected chi connectivity index (χ1v) is 7.58. The van der Waals surface area contributed by atoms with E-state index in [1.54, 1.807) is 0 Å². The van der Waals surface area contributed by atoms with Gasteiger partial charge < -0.3 is 5.32 Å². The standard InChI is InChI=1S/C17H27N/c1-3-8-16(15-9-6-5-7-10-15)18-14-17(11-4-2)12-13-17/h5-7,9-10,16,18H,3-4,8,11-14H2,1-2H3. The highest BCUT2D eigenvalue weighted by Crippen LogP contribution is 2.49. The summed E-state index contributed by atoms with van der Waals surface area (Å²) < 4.78 is 0. The van der Waals surface area contributed by atoms with Crippen LogP contribution in [0.25, 0.3) is 0 Å². The Balaban J connectivity index is 1.91. The van der Waals surface area contributed by atoms with Crippen LogP contribution in [0.1, 0.15) is 64.0 Å². The molecule has 1 nitrogen and oxygen atoms in total. The molecule has 1 heteroatoms. The average Bonchev–Trinajstić information content (AvgIpc) is 3.16. The molecule has 0 bridgehead atoms. The molecule has 1 aromatic carbocycles. The molecule has 1 atom stereocenters. The maximum atomic E-state index is 3.82. The van der Waals surface area contributed by atoms with Gasteiger partial charge in [-0.2, -0.15) is 0 Å². The summed E-state index contributed by atoms with van der Waals surface area (Å²) in [5, 5.41) is 3.82. The van der Waals surface area contributed by atoms with Crippen LogP contribution in [0.4, 0.5) is 0 Å². The number of hydrogen-bond donors (Lipinski definition) is 1. The van der Waals surface area contributed by atoms with Crippen LogP contribution in [0.15, 0.2) is 30.3 Å². The van der Waals surface area contributed by atoms with Crippen molar-refractivity contribution in [3.05, 3.63) is 35.9 Å². The van der Waals surface area contributed by atoms with E-state index in [0.717, 1.165) is 0 Å². The van der Waals surface area contributed by atoms with Crippen molar-refractivity contribution in [2.45, 2.75) is 58.4 Å². The van der Waals surface area contributed by atoms with Crippen LogP contribution in [0.3, 0.4) is 0 Å². The molecule has 0 radical (unpaired) electrons. The lowest BCUT2D eigenvalue weighted by Crippen LogP contribution is -2.28. The third-order valence-corrected chi connectivity index (χ3v) is 4.24. The first-order chi connectivity index (χ1) is 8.79. The van der Waals surface area contributed by atoms with Gasteiger partial charge in [-0.1, -0.05) is 57.0 Å². The van der Waals surface area contributed by atoms with Crippen LogP contribution in [0.5, 0.6) is 0 Å². The van der Waals surface area contributed by atoms with Gasteiger partial charge in [0, 0.05) is 12.6 Å². The number of rotatable bonds is 8. The maximum Gasteiger partial charge on any atom is 0.0320 e. The van der Waals surface area contributed by atoms with Gasteiger partial charge in [-0.3, -0.25) is 0 Å². The lowest BCUT2D eigenvalue weighted by atomic mass is 9.97. The van der Waals surface area contributed by atoms with Crippen LogP contribution in [-0.2, 0) is 0 Å². The molecule has 1 aromatic rings. The molecule has 100 valence electrons. The quantitative estimate of drug-likeness (QED) is 0.700. The molecule has 0 saturated heterocycles. The Kier molecular flexibility index (Phi) is 4.82. The van der Waals surface area contributed by atoms with Crippen molar-refractivity contribution < 1.29 is 0 Å². The minimum Gasteiger partial charge on any atom is -0.309 e. The summed E-state index contributed by atoms with van der Waals surface area (Å²) in [4.78, 5) is 0. The third-order valence-electron chi connectivity index (χ3n) is 4.24. The molecule has 2 rings (SSSR count). The molecule has 0 heterocycles. The predicted molar refractivity (Wildman–Crippen MR) is 78.7 cm³/mol. The Bertz CT molecular complexity index is 340. The van der Waals surface area contributed by atoms with Gasteiger partial charge >= 0.3 is 0 Å². The molecule has 1 saturated carbocycles. The van der Waals surface area contributed by atoms with Gasteiger partial charge in [-0.15, -0.1) is 0 Å². The minimum absolute atomic E-state index is 0.547. The smallest absolute Gasteiger partial charge is 0.0320 e. The van der Waals surface area contributed by atoms with E-state index in [0.29, 0.717) is 11.5 Å². The largest absolute Gasteiger partial charge is 0.309 e. The Morgan fingerprint density at radius 1 is 1.11 bits per heavy atom. The van der Waals surface area contributed by atoms with E-state index in [2.05, 4.69) is 49.5 Å². The van der Waals surface area contributed by atoms with Gasteiger partial charge in [0.1, 0.15) is 0 Å². The first kappa shape index (κ1) is 13.6. The van der Waals surface area contributed by atoms with E-state index in [4.69, 9.17) is 0 Å². The second-order valence-corrected chi connectivity index (χ2v) is 5.88. The molecule has 0 amide bonds. The van der Waals surface area contributed by atoms with Gasteiger partial charge in [0.05, 0.1) is 0 Å². The topological polar surface area (TPSA) is 12.0 Å². The summed E-state index contributed by atoms with van der Waals surface area (Å²) in [5.41, 5.74) is 2.10. The Morgan fingerprint density at radius 2 is 1.83 bits per heavy atom. The zero-order valence-electron chi connectivity index (χ0n) is 11.9. The van der Waals surface area contributed by atoms with Crippen molar-refractivity contribution in [3.63, 3.8) is 0 Å². The van der Waals surface area contributed by atoms with E-state index >= 15 is 0 Å². The fourth-order valence-electron chi connectivity index (χ4n) is 2.92. The Morgan fingerprint density at radius 3 is 2.39 bits per heavy atom. The lowest BCUT2D eigenvalue weighted by Gasteiger charge is -2.23. The van der Waals surface area contributed by atoms with Gasteiger partial charge in [0.2, 0.25) is 0 Å². The fourth-order valence-corrected chi connectivity index (χ4v) is 2.92. The summed E-state index contributed by atoms with van der Waals surface area (Å²) in [6, 6.07) is 11.5. The Hall–Kier alpha value is -0.820. The molecule has 18 heavy (non-hydrogen) atoms. The second kappa shape index (κ2) is 6.38. The highest BCUT2D eigenvalue weighted by atomic mass is 14.9. The van der Waals surface area contributed by atoms with E-state index in [1.807, 2.05) is 0 Å². The fraction of sp³-hybridized carbons (Fsp3) is 0.647. The van der Waals surface area contributed by atoms with E-state index in [1.165, 1.54) is 50.6 Å². The molecule has 0 spiro atoms. The van der Waals surface area contributed by atoms with Crippen LogP contribution < -0.4 is 5.32 Å². The highest BCUT2D eigenvalue weighted by molar-refractivity contribution is 5.19. The van der Waals surface area contributed by atoms with Crippen LogP contribution >= 0.6 is 0 Å². The molecule has 0 aromatic heterocycles. The van der Waals surface area contributed by atoms with Crippen molar-refractivity contribution in [2.75, 3.05) is 6.54 Å². The minimum atomic E-state index is 0.547. The van der Waals surface area contributed by atoms with Crippen LogP contribution in [0.2, 0.25) is 0 Å². The summed E-state index contributed by atoms with van der Waals surface area (Å²) in [6.07, 6.45) is 8.07. The SMILES string of the molecule is CCCC(NCC1(CCC)CC1)c1ccccc1. The monoisotopic (exact) mass is 245 g/mol. The van der Waals surface area contributed by atoms with Crippen LogP contribution in [-0.4, -0.2) is 6.54 Å². The van der Waals surface area contributed by atoms with Gasteiger partial charge in [-0.05, 0) is 36.7 Å². The number of benzene rings is 1. The normalized spacial score (nSPS) is 18.6. The molecule has 1 unspecified atom stereocenters. The molecule has 1 aliphatic rings. The lowest BCUT2D eigenvalue weighted by molar-refractivity contribution is 0.378. The van der Waals surface area contributed by atoms with E-state index in [-0.39, 0.29) is 0 Å².